The van der Waals surface area contributed by atoms with Crippen LogP contribution in [0.3, 0.4) is 0 Å². The Balaban J connectivity index is 2.08. The third kappa shape index (κ3) is 2.65. The van der Waals surface area contributed by atoms with Crippen LogP contribution in [0, 0.1) is 0 Å². The molecule has 0 radical (unpaired) electrons. The summed E-state index contributed by atoms with van der Waals surface area (Å²) in [4.78, 5) is 12.2. The molecule has 2 heterocycles. The molecule has 2 aromatic rings. The van der Waals surface area contributed by atoms with Gasteiger partial charge in [0, 0.05) is 17.9 Å². The molecule has 1 atom stereocenters. The standard InChI is InChI=1S/C17H21N3O3/c1-17(2,3)20-16-12(9-18-20)11(8-15(22)19-16)10-5-6-14(23-4)13(21)7-10/h5-7,9,11,21H,8H2,1-4H3,(H,19,22)/t11-/m1/s1. The van der Waals surface area contributed by atoms with Gasteiger partial charge in [0.15, 0.2) is 11.5 Å². The van der Waals surface area contributed by atoms with Gasteiger partial charge in [-0.3, -0.25) is 4.79 Å². The highest BCUT2D eigenvalue weighted by atomic mass is 16.5. The van der Waals surface area contributed by atoms with E-state index >= 15 is 0 Å². The third-order valence-corrected chi connectivity index (χ3v) is 4.06. The van der Waals surface area contributed by atoms with Gasteiger partial charge >= 0.3 is 0 Å². The summed E-state index contributed by atoms with van der Waals surface area (Å²) in [6, 6.07) is 5.24. The van der Waals surface area contributed by atoms with E-state index < -0.39 is 0 Å². The average Bonchev–Trinajstić information content (AvgIpc) is 2.89. The Hall–Kier alpha value is -2.50. The SMILES string of the molecule is COc1ccc([C@H]2CC(=O)Nc3c2cnn3C(C)(C)C)cc1O. The molecule has 0 bridgehead atoms. The molecule has 1 amide bonds. The van der Waals surface area contributed by atoms with Gasteiger partial charge in [0.05, 0.1) is 18.8 Å². The summed E-state index contributed by atoms with van der Waals surface area (Å²) in [5, 5.41) is 17.4. The Morgan fingerprint density at radius 1 is 1.39 bits per heavy atom. The van der Waals surface area contributed by atoms with Gasteiger partial charge in [-0.1, -0.05) is 6.07 Å². The van der Waals surface area contributed by atoms with Crippen molar-refractivity contribution in [1.82, 2.24) is 9.78 Å². The zero-order chi connectivity index (χ0) is 16.8. The van der Waals surface area contributed by atoms with E-state index in [-0.39, 0.29) is 23.1 Å². The molecule has 0 unspecified atom stereocenters. The number of carbonyl (C=O) groups is 1. The Kier molecular flexibility index (Phi) is 3.55. The van der Waals surface area contributed by atoms with Crippen LogP contribution in [0.5, 0.6) is 11.5 Å². The molecule has 0 saturated carbocycles. The number of fused-ring (bicyclic) bond motifs is 1. The number of nitrogens with one attached hydrogen (secondary N) is 1. The number of methoxy groups -OCH3 is 1. The van der Waals surface area contributed by atoms with E-state index in [1.54, 1.807) is 18.3 Å². The zero-order valence-corrected chi connectivity index (χ0v) is 13.8. The number of phenolic OH excluding ortho intramolecular Hbond substituents is 1. The molecule has 1 aromatic carbocycles. The number of amides is 1. The van der Waals surface area contributed by atoms with Crippen LogP contribution in [-0.4, -0.2) is 27.9 Å². The number of nitrogens with zero attached hydrogens (tertiary/aromatic N) is 2. The second kappa shape index (κ2) is 5.30. The van der Waals surface area contributed by atoms with Crippen LogP contribution in [0.4, 0.5) is 5.82 Å². The number of hydrogen-bond acceptors (Lipinski definition) is 4. The topological polar surface area (TPSA) is 76.4 Å². The van der Waals surface area contributed by atoms with E-state index in [1.807, 2.05) is 31.5 Å². The summed E-state index contributed by atoms with van der Waals surface area (Å²) in [6.07, 6.45) is 2.13. The monoisotopic (exact) mass is 315 g/mol. The number of aromatic hydroxyl groups is 1. The number of ether oxygens (including phenoxy) is 1. The first kappa shape index (κ1) is 15.4. The van der Waals surface area contributed by atoms with Crippen LogP contribution < -0.4 is 10.1 Å². The van der Waals surface area contributed by atoms with Gasteiger partial charge in [-0.15, -0.1) is 0 Å². The number of anilines is 1. The van der Waals surface area contributed by atoms with Gasteiger partial charge in [0.25, 0.3) is 0 Å². The molecule has 122 valence electrons. The lowest BCUT2D eigenvalue weighted by Gasteiger charge is -2.28. The van der Waals surface area contributed by atoms with Crippen molar-refractivity contribution in [3.8, 4) is 11.5 Å². The molecule has 6 nitrogen and oxygen atoms in total. The minimum absolute atomic E-state index is 0.0520. The van der Waals surface area contributed by atoms with Gasteiger partial charge in [-0.25, -0.2) is 4.68 Å². The van der Waals surface area contributed by atoms with E-state index in [2.05, 4.69) is 10.4 Å². The summed E-state index contributed by atoms with van der Waals surface area (Å²) in [5.74, 6) is 1.03. The molecular weight excluding hydrogens is 294 g/mol. The third-order valence-electron chi connectivity index (χ3n) is 4.06. The molecule has 1 aliphatic heterocycles. The largest absolute Gasteiger partial charge is 0.504 e. The zero-order valence-electron chi connectivity index (χ0n) is 13.8. The van der Waals surface area contributed by atoms with Crippen LogP contribution in [0.15, 0.2) is 24.4 Å². The Bertz CT molecular complexity index is 759. The fourth-order valence-corrected chi connectivity index (χ4v) is 2.95. The number of phenols is 1. The molecule has 2 N–H and O–H groups in total. The predicted octanol–water partition coefficient (Wildman–Crippen LogP) is 2.83. The summed E-state index contributed by atoms with van der Waals surface area (Å²) in [5.41, 5.74) is 1.60. The lowest BCUT2D eigenvalue weighted by atomic mass is 9.87. The van der Waals surface area contributed by atoms with Crippen LogP contribution in [0.2, 0.25) is 0 Å². The molecular formula is C17H21N3O3. The second-order valence-electron chi connectivity index (χ2n) is 6.77. The number of carbonyl (C=O) groups excluding carboxylic acids is 1. The quantitative estimate of drug-likeness (QED) is 0.893. The van der Waals surface area contributed by atoms with Crippen molar-refractivity contribution in [2.24, 2.45) is 0 Å². The van der Waals surface area contributed by atoms with Crippen LogP contribution in [0.25, 0.3) is 0 Å². The molecule has 23 heavy (non-hydrogen) atoms. The van der Waals surface area contributed by atoms with Crippen molar-refractivity contribution in [2.45, 2.75) is 38.6 Å². The molecule has 0 spiro atoms. The van der Waals surface area contributed by atoms with Gasteiger partial charge < -0.3 is 15.2 Å². The van der Waals surface area contributed by atoms with Crippen molar-refractivity contribution in [2.75, 3.05) is 12.4 Å². The smallest absolute Gasteiger partial charge is 0.226 e. The van der Waals surface area contributed by atoms with Crippen LogP contribution in [-0.2, 0) is 10.3 Å². The number of benzene rings is 1. The minimum atomic E-state index is -0.231. The lowest BCUT2D eigenvalue weighted by molar-refractivity contribution is -0.116. The first-order valence-electron chi connectivity index (χ1n) is 7.56. The fourth-order valence-electron chi connectivity index (χ4n) is 2.95. The first-order valence-corrected chi connectivity index (χ1v) is 7.56. The van der Waals surface area contributed by atoms with Crippen LogP contribution >= 0.6 is 0 Å². The highest BCUT2D eigenvalue weighted by Crippen LogP contribution is 2.40. The van der Waals surface area contributed by atoms with Crippen LogP contribution in [0.1, 0.15) is 44.2 Å². The number of aromatic nitrogens is 2. The Morgan fingerprint density at radius 2 is 2.13 bits per heavy atom. The van der Waals surface area contributed by atoms with Gasteiger partial charge in [-0.2, -0.15) is 5.10 Å². The van der Waals surface area contributed by atoms with E-state index in [4.69, 9.17) is 4.74 Å². The maximum atomic E-state index is 12.2. The van der Waals surface area contributed by atoms with Crippen molar-refractivity contribution in [3.05, 3.63) is 35.5 Å². The summed E-state index contributed by atoms with van der Waals surface area (Å²) < 4.78 is 6.91. The molecule has 0 saturated heterocycles. The molecule has 1 aliphatic rings. The van der Waals surface area contributed by atoms with Gasteiger partial charge in [0.1, 0.15) is 5.82 Å². The first-order chi connectivity index (χ1) is 10.8. The van der Waals surface area contributed by atoms with E-state index in [9.17, 15) is 9.90 Å². The van der Waals surface area contributed by atoms with Crippen molar-refractivity contribution in [3.63, 3.8) is 0 Å². The van der Waals surface area contributed by atoms with E-state index in [0.717, 1.165) is 16.9 Å². The lowest BCUT2D eigenvalue weighted by Crippen LogP contribution is -2.30. The summed E-state index contributed by atoms with van der Waals surface area (Å²) in [6.45, 7) is 6.11. The molecule has 0 fully saturated rings. The average molecular weight is 315 g/mol. The van der Waals surface area contributed by atoms with Gasteiger partial charge in [-0.05, 0) is 38.5 Å². The maximum absolute atomic E-state index is 12.2. The Labute approximate surface area is 135 Å². The van der Waals surface area contributed by atoms with Gasteiger partial charge in [0.2, 0.25) is 5.91 Å². The maximum Gasteiger partial charge on any atom is 0.226 e. The Morgan fingerprint density at radius 3 is 2.74 bits per heavy atom. The molecule has 3 rings (SSSR count). The highest BCUT2D eigenvalue weighted by molar-refractivity contribution is 5.94. The number of rotatable bonds is 2. The summed E-state index contributed by atoms with van der Waals surface area (Å²) in [7, 11) is 1.51. The molecule has 6 heteroatoms. The van der Waals surface area contributed by atoms with Crippen molar-refractivity contribution < 1.29 is 14.6 Å². The normalized spacial score (nSPS) is 17.6. The minimum Gasteiger partial charge on any atom is -0.504 e. The number of hydrogen-bond donors (Lipinski definition) is 2. The predicted molar refractivity (Wildman–Crippen MR) is 87.0 cm³/mol. The highest BCUT2D eigenvalue weighted by Gasteiger charge is 2.32. The molecule has 0 aliphatic carbocycles. The van der Waals surface area contributed by atoms with E-state index in [0.29, 0.717) is 12.2 Å². The van der Waals surface area contributed by atoms with Crippen molar-refractivity contribution >= 4 is 11.7 Å². The fraction of sp³-hybridized carbons (Fsp3) is 0.412. The molecule has 1 aromatic heterocycles. The van der Waals surface area contributed by atoms with Crippen molar-refractivity contribution in [1.29, 1.82) is 0 Å². The van der Waals surface area contributed by atoms with E-state index in [1.165, 1.54) is 7.11 Å². The summed E-state index contributed by atoms with van der Waals surface area (Å²) >= 11 is 0. The second-order valence-corrected chi connectivity index (χ2v) is 6.77.